The number of rotatable bonds is 5. The highest BCUT2D eigenvalue weighted by Gasteiger charge is 2.16. The number of thioether (sulfide) groups is 1. The van der Waals surface area contributed by atoms with Crippen molar-refractivity contribution in [3.05, 3.63) is 42.1 Å². The Morgan fingerprint density at radius 1 is 1.24 bits per heavy atom. The summed E-state index contributed by atoms with van der Waals surface area (Å²) in [5.74, 6) is 0.173. The Bertz CT molecular complexity index is 796. The number of anilines is 1. The molecule has 1 N–H and O–H groups in total. The predicted octanol–water partition coefficient (Wildman–Crippen LogP) is 2.37. The number of fused-ring (bicyclic) bond motifs is 1. The van der Waals surface area contributed by atoms with Crippen molar-refractivity contribution in [1.82, 2.24) is 4.98 Å². The summed E-state index contributed by atoms with van der Waals surface area (Å²) in [6, 6.07) is 8.34. The number of pyridine rings is 1. The minimum atomic E-state index is -0.588. The molecule has 1 aliphatic heterocycles. The molecule has 0 saturated heterocycles. The van der Waals surface area contributed by atoms with Crippen LogP contribution in [-0.2, 0) is 9.53 Å². The van der Waals surface area contributed by atoms with E-state index in [0.717, 1.165) is 0 Å². The number of hydrogen-bond acceptors (Lipinski definition) is 7. The van der Waals surface area contributed by atoms with Gasteiger partial charge in [-0.3, -0.25) is 4.79 Å². The smallest absolute Gasteiger partial charge is 0.341 e. The molecule has 0 aliphatic carbocycles. The molecular formula is C17H16N2O5S. The number of carbonyl (C=O) groups is 2. The predicted molar refractivity (Wildman–Crippen MR) is 92.4 cm³/mol. The van der Waals surface area contributed by atoms with E-state index in [1.165, 1.54) is 11.8 Å². The lowest BCUT2D eigenvalue weighted by Crippen LogP contribution is -2.21. The molecular weight excluding hydrogens is 344 g/mol. The zero-order valence-corrected chi connectivity index (χ0v) is 14.3. The van der Waals surface area contributed by atoms with Gasteiger partial charge >= 0.3 is 5.97 Å². The summed E-state index contributed by atoms with van der Waals surface area (Å²) in [5, 5.41) is 3.21. The standard InChI is InChI=1S/C17H16N2O5S/c1-25-16-12(3-2-6-18-16)17(21)24-10-15(20)19-11-4-5-13-14(9-11)23-8-7-22-13/h2-6,9H,7-8,10H2,1H3,(H,19,20). The lowest BCUT2D eigenvalue weighted by Gasteiger charge is -2.19. The van der Waals surface area contributed by atoms with Crippen LogP contribution in [0.5, 0.6) is 11.5 Å². The molecule has 0 fully saturated rings. The van der Waals surface area contributed by atoms with E-state index in [0.29, 0.717) is 41.0 Å². The maximum Gasteiger partial charge on any atom is 0.341 e. The number of nitrogens with one attached hydrogen (secondary N) is 1. The van der Waals surface area contributed by atoms with E-state index >= 15 is 0 Å². The van der Waals surface area contributed by atoms with Crippen LogP contribution in [0.2, 0.25) is 0 Å². The number of ether oxygens (including phenoxy) is 3. The van der Waals surface area contributed by atoms with Crippen LogP contribution in [-0.4, -0.2) is 42.9 Å². The lowest BCUT2D eigenvalue weighted by atomic mass is 10.2. The number of hydrogen-bond donors (Lipinski definition) is 1. The van der Waals surface area contributed by atoms with E-state index in [1.807, 2.05) is 6.26 Å². The summed E-state index contributed by atoms with van der Waals surface area (Å²) in [6.07, 6.45) is 3.41. The molecule has 0 bridgehead atoms. The van der Waals surface area contributed by atoms with Gasteiger partial charge in [0.1, 0.15) is 18.2 Å². The normalized spacial score (nSPS) is 12.4. The van der Waals surface area contributed by atoms with Gasteiger partial charge in [-0.25, -0.2) is 9.78 Å². The highest BCUT2D eigenvalue weighted by Crippen LogP contribution is 2.32. The highest BCUT2D eigenvalue weighted by atomic mass is 32.2. The fourth-order valence-corrected chi connectivity index (χ4v) is 2.77. The average Bonchev–Trinajstić information content (AvgIpc) is 2.66. The summed E-state index contributed by atoms with van der Waals surface area (Å²) in [5.41, 5.74) is 0.874. The van der Waals surface area contributed by atoms with Gasteiger partial charge in [-0.1, -0.05) is 0 Å². The van der Waals surface area contributed by atoms with E-state index in [9.17, 15) is 9.59 Å². The molecule has 3 rings (SSSR count). The van der Waals surface area contributed by atoms with Crippen LogP contribution in [0.1, 0.15) is 10.4 Å². The monoisotopic (exact) mass is 360 g/mol. The molecule has 0 saturated carbocycles. The molecule has 0 radical (unpaired) electrons. The third kappa shape index (κ3) is 4.21. The molecule has 0 unspecified atom stereocenters. The molecule has 1 amide bonds. The SMILES string of the molecule is CSc1ncccc1C(=O)OCC(=O)Nc1ccc2c(c1)OCCO2. The molecule has 1 aromatic carbocycles. The van der Waals surface area contributed by atoms with Crippen molar-refractivity contribution in [2.24, 2.45) is 0 Å². The third-order valence-electron chi connectivity index (χ3n) is 3.34. The Balaban J connectivity index is 1.57. The summed E-state index contributed by atoms with van der Waals surface area (Å²) >= 11 is 1.34. The van der Waals surface area contributed by atoms with Gasteiger partial charge in [-0.2, -0.15) is 0 Å². The molecule has 2 heterocycles. The molecule has 1 aromatic heterocycles. The van der Waals surface area contributed by atoms with Crippen LogP contribution in [0.3, 0.4) is 0 Å². The van der Waals surface area contributed by atoms with Crippen LogP contribution in [0.4, 0.5) is 5.69 Å². The maximum atomic E-state index is 12.1. The summed E-state index contributed by atoms with van der Waals surface area (Å²) in [6.45, 7) is 0.571. The Kier molecular flexibility index (Phi) is 5.39. The van der Waals surface area contributed by atoms with Crippen LogP contribution < -0.4 is 14.8 Å². The van der Waals surface area contributed by atoms with Crippen LogP contribution in [0.15, 0.2) is 41.6 Å². The second kappa shape index (κ2) is 7.89. The lowest BCUT2D eigenvalue weighted by molar-refractivity contribution is -0.119. The largest absolute Gasteiger partial charge is 0.486 e. The third-order valence-corrected chi connectivity index (χ3v) is 4.06. The molecule has 130 valence electrons. The average molecular weight is 360 g/mol. The molecule has 2 aromatic rings. The molecule has 8 heteroatoms. The van der Waals surface area contributed by atoms with Crippen LogP contribution >= 0.6 is 11.8 Å². The van der Waals surface area contributed by atoms with Crippen molar-refractivity contribution < 1.29 is 23.8 Å². The first-order chi connectivity index (χ1) is 12.2. The van der Waals surface area contributed by atoms with Gasteiger partial charge in [0.05, 0.1) is 5.56 Å². The van der Waals surface area contributed by atoms with E-state index in [1.54, 1.807) is 36.5 Å². The van der Waals surface area contributed by atoms with Gasteiger partial charge in [-0.05, 0) is 30.5 Å². The quantitative estimate of drug-likeness (QED) is 0.647. The summed E-state index contributed by atoms with van der Waals surface area (Å²) in [7, 11) is 0. The van der Waals surface area contributed by atoms with Crippen LogP contribution in [0.25, 0.3) is 0 Å². The van der Waals surface area contributed by atoms with Gasteiger partial charge in [0, 0.05) is 18.0 Å². The highest BCUT2D eigenvalue weighted by molar-refractivity contribution is 7.98. The van der Waals surface area contributed by atoms with E-state index in [4.69, 9.17) is 14.2 Å². The van der Waals surface area contributed by atoms with E-state index in [2.05, 4.69) is 10.3 Å². The number of aromatic nitrogens is 1. The minimum Gasteiger partial charge on any atom is -0.486 e. The second-order valence-corrected chi connectivity index (χ2v) is 5.84. The van der Waals surface area contributed by atoms with Crippen molar-refractivity contribution in [2.45, 2.75) is 5.03 Å². The van der Waals surface area contributed by atoms with Gasteiger partial charge in [0.2, 0.25) is 0 Å². The molecule has 7 nitrogen and oxygen atoms in total. The van der Waals surface area contributed by atoms with Gasteiger partial charge in [0.25, 0.3) is 5.91 Å². The first-order valence-electron chi connectivity index (χ1n) is 7.53. The Morgan fingerprint density at radius 2 is 2.04 bits per heavy atom. The molecule has 25 heavy (non-hydrogen) atoms. The van der Waals surface area contributed by atoms with E-state index in [-0.39, 0.29) is 0 Å². The van der Waals surface area contributed by atoms with Crippen molar-refractivity contribution in [2.75, 3.05) is 31.4 Å². The number of amides is 1. The summed E-state index contributed by atoms with van der Waals surface area (Å²) in [4.78, 5) is 28.2. The first kappa shape index (κ1) is 17.1. The fraction of sp³-hybridized carbons (Fsp3) is 0.235. The van der Waals surface area contributed by atoms with Crippen LogP contribution in [0, 0.1) is 0 Å². The number of benzene rings is 1. The Morgan fingerprint density at radius 3 is 2.84 bits per heavy atom. The number of esters is 1. The van der Waals surface area contributed by atoms with E-state index < -0.39 is 18.5 Å². The van der Waals surface area contributed by atoms with Crippen molar-refractivity contribution in [3.8, 4) is 11.5 Å². The Labute approximate surface area is 148 Å². The topological polar surface area (TPSA) is 86.8 Å². The zero-order chi connectivity index (χ0) is 17.6. The summed E-state index contributed by atoms with van der Waals surface area (Å²) < 4.78 is 15.9. The van der Waals surface area contributed by atoms with Gasteiger partial charge in [0.15, 0.2) is 18.1 Å². The molecule has 1 aliphatic rings. The first-order valence-corrected chi connectivity index (χ1v) is 8.75. The maximum absolute atomic E-state index is 12.1. The minimum absolute atomic E-state index is 0.335. The second-order valence-electron chi connectivity index (χ2n) is 5.04. The number of nitrogens with zero attached hydrogens (tertiary/aromatic N) is 1. The Hall–Kier alpha value is -2.74. The molecule has 0 atom stereocenters. The van der Waals surface area contributed by atoms with Crippen molar-refractivity contribution in [3.63, 3.8) is 0 Å². The number of carbonyl (C=O) groups excluding carboxylic acids is 2. The van der Waals surface area contributed by atoms with Gasteiger partial charge < -0.3 is 19.5 Å². The van der Waals surface area contributed by atoms with Crippen molar-refractivity contribution >= 4 is 29.3 Å². The van der Waals surface area contributed by atoms with Crippen molar-refractivity contribution in [1.29, 1.82) is 0 Å². The zero-order valence-electron chi connectivity index (χ0n) is 13.5. The molecule has 0 spiro atoms. The fourth-order valence-electron chi connectivity index (χ4n) is 2.24. The van der Waals surface area contributed by atoms with Gasteiger partial charge in [-0.15, -0.1) is 11.8 Å².